The van der Waals surface area contributed by atoms with Crippen LogP contribution < -0.4 is 0 Å². The Morgan fingerprint density at radius 1 is 0.966 bits per heavy atom. The Labute approximate surface area is 175 Å². The Kier molecular flexibility index (Phi) is 5.53. The molecule has 0 unspecified atom stereocenters. The zero-order valence-electron chi connectivity index (χ0n) is 18.2. The van der Waals surface area contributed by atoms with Gasteiger partial charge in [0.1, 0.15) is 0 Å². The summed E-state index contributed by atoms with van der Waals surface area (Å²) in [5, 5.41) is 0. The second-order valence-corrected chi connectivity index (χ2v) is 11.4. The van der Waals surface area contributed by atoms with E-state index in [1.807, 2.05) is 32.6 Å². The van der Waals surface area contributed by atoms with Crippen molar-refractivity contribution in [3.8, 4) is 0 Å². The summed E-state index contributed by atoms with van der Waals surface area (Å²) in [6.07, 6.45) is 5.84. The lowest BCUT2D eigenvalue weighted by Gasteiger charge is -2.35. The van der Waals surface area contributed by atoms with Crippen molar-refractivity contribution in [2.24, 2.45) is 17.8 Å². The molecule has 1 aromatic carbocycles. The number of aryl methyl sites for hydroxylation is 2. The van der Waals surface area contributed by atoms with E-state index in [-0.39, 0.29) is 5.91 Å². The van der Waals surface area contributed by atoms with Crippen LogP contribution in [0.25, 0.3) is 0 Å². The molecular formula is C23H34N2O3S. The summed E-state index contributed by atoms with van der Waals surface area (Å²) in [5.41, 5.74) is 3.68. The van der Waals surface area contributed by atoms with Gasteiger partial charge in [0.05, 0.1) is 4.90 Å². The lowest BCUT2D eigenvalue weighted by Crippen LogP contribution is -2.51. The van der Waals surface area contributed by atoms with Gasteiger partial charge >= 0.3 is 0 Å². The van der Waals surface area contributed by atoms with Crippen LogP contribution in [0.3, 0.4) is 0 Å². The van der Waals surface area contributed by atoms with Gasteiger partial charge in [0.25, 0.3) is 0 Å². The van der Waals surface area contributed by atoms with Gasteiger partial charge in [0, 0.05) is 32.6 Å². The van der Waals surface area contributed by atoms with Crippen molar-refractivity contribution in [1.29, 1.82) is 0 Å². The van der Waals surface area contributed by atoms with E-state index in [1.54, 1.807) is 4.31 Å². The highest BCUT2D eigenvalue weighted by molar-refractivity contribution is 7.89. The number of amides is 1. The van der Waals surface area contributed by atoms with Crippen molar-refractivity contribution in [2.45, 2.75) is 64.7 Å². The van der Waals surface area contributed by atoms with Crippen LogP contribution in [0.4, 0.5) is 0 Å². The maximum absolute atomic E-state index is 13.4. The van der Waals surface area contributed by atoms with Gasteiger partial charge < -0.3 is 4.90 Å². The standard InChI is InChI=1S/C23H34N2O3S/c1-15-11-16(2)18(4)23(17(15)3)29(27,28)25-9-7-24(8-10-25)22(26)14-21-13-19-5-6-20(21)12-19/h11,19-21H,5-10,12-14H2,1-4H3/t19-,20+,21-/m0/s1. The summed E-state index contributed by atoms with van der Waals surface area (Å²) in [6.45, 7) is 9.49. The molecule has 2 saturated carbocycles. The van der Waals surface area contributed by atoms with Crippen molar-refractivity contribution in [3.63, 3.8) is 0 Å². The molecule has 0 N–H and O–H groups in total. The summed E-state index contributed by atoms with van der Waals surface area (Å²) >= 11 is 0. The van der Waals surface area contributed by atoms with E-state index in [0.29, 0.717) is 43.4 Å². The number of carbonyl (C=O) groups is 1. The molecule has 1 heterocycles. The van der Waals surface area contributed by atoms with Crippen molar-refractivity contribution >= 4 is 15.9 Å². The number of piperazine rings is 1. The summed E-state index contributed by atoms with van der Waals surface area (Å²) in [5.74, 6) is 2.38. The van der Waals surface area contributed by atoms with Crippen LogP contribution in [0.15, 0.2) is 11.0 Å². The Morgan fingerprint density at radius 3 is 2.10 bits per heavy atom. The van der Waals surface area contributed by atoms with Crippen LogP contribution in [0.1, 0.15) is 54.4 Å². The number of hydrogen-bond acceptors (Lipinski definition) is 3. The fraction of sp³-hybridized carbons (Fsp3) is 0.696. The lowest BCUT2D eigenvalue weighted by molar-refractivity contribution is -0.133. The predicted octanol–water partition coefficient (Wildman–Crippen LogP) is 3.58. The third-order valence-electron chi connectivity index (χ3n) is 7.81. The molecule has 5 nitrogen and oxygen atoms in total. The van der Waals surface area contributed by atoms with Crippen LogP contribution in [-0.2, 0) is 14.8 Å². The second kappa shape index (κ2) is 7.69. The summed E-state index contributed by atoms with van der Waals surface area (Å²) in [4.78, 5) is 15.2. The molecule has 1 amide bonds. The molecule has 1 aromatic rings. The van der Waals surface area contributed by atoms with Crippen LogP contribution in [0.5, 0.6) is 0 Å². The lowest BCUT2D eigenvalue weighted by atomic mass is 9.86. The zero-order valence-corrected chi connectivity index (χ0v) is 19.0. The van der Waals surface area contributed by atoms with E-state index in [4.69, 9.17) is 0 Å². The third-order valence-corrected chi connectivity index (χ3v) is 9.98. The predicted molar refractivity (Wildman–Crippen MR) is 114 cm³/mol. The van der Waals surface area contributed by atoms with E-state index in [9.17, 15) is 13.2 Å². The third kappa shape index (κ3) is 3.74. The first-order chi connectivity index (χ1) is 13.7. The normalized spacial score (nSPS) is 27.6. The fourth-order valence-electron chi connectivity index (χ4n) is 5.85. The topological polar surface area (TPSA) is 57.7 Å². The quantitative estimate of drug-likeness (QED) is 0.751. The Hall–Kier alpha value is -1.40. The average molecular weight is 419 g/mol. The van der Waals surface area contributed by atoms with Gasteiger partial charge in [-0.15, -0.1) is 0 Å². The number of benzene rings is 1. The Balaban J connectivity index is 1.42. The first kappa shape index (κ1) is 20.9. The maximum Gasteiger partial charge on any atom is 0.243 e. The summed E-state index contributed by atoms with van der Waals surface area (Å²) < 4.78 is 28.4. The van der Waals surface area contributed by atoms with E-state index in [1.165, 1.54) is 25.7 Å². The van der Waals surface area contributed by atoms with Gasteiger partial charge in [-0.05, 0) is 87.0 Å². The summed E-state index contributed by atoms with van der Waals surface area (Å²) in [7, 11) is -3.55. The average Bonchev–Trinajstić information content (AvgIpc) is 3.29. The zero-order chi connectivity index (χ0) is 20.9. The molecule has 3 atom stereocenters. The molecule has 1 saturated heterocycles. The molecule has 3 aliphatic rings. The second-order valence-electron chi connectivity index (χ2n) is 9.51. The molecule has 2 bridgehead atoms. The van der Waals surface area contributed by atoms with Crippen molar-refractivity contribution in [3.05, 3.63) is 28.3 Å². The van der Waals surface area contributed by atoms with Crippen molar-refractivity contribution < 1.29 is 13.2 Å². The number of carbonyl (C=O) groups excluding carboxylic acids is 1. The molecule has 2 aliphatic carbocycles. The number of hydrogen-bond donors (Lipinski definition) is 0. The minimum atomic E-state index is -3.55. The smallest absolute Gasteiger partial charge is 0.243 e. The minimum Gasteiger partial charge on any atom is -0.340 e. The van der Waals surface area contributed by atoms with Gasteiger partial charge in [-0.1, -0.05) is 12.5 Å². The van der Waals surface area contributed by atoms with Crippen molar-refractivity contribution in [2.75, 3.05) is 26.2 Å². The summed E-state index contributed by atoms with van der Waals surface area (Å²) in [6, 6.07) is 2.05. The molecule has 0 radical (unpaired) electrons. The van der Waals surface area contributed by atoms with Crippen LogP contribution in [0.2, 0.25) is 0 Å². The van der Waals surface area contributed by atoms with E-state index >= 15 is 0 Å². The molecule has 160 valence electrons. The minimum absolute atomic E-state index is 0.221. The maximum atomic E-state index is 13.4. The van der Waals surface area contributed by atoms with Crippen LogP contribution in [-0.4, -0.2) is 49.7 Å². The molecule has 0 spiro atoms. The Morgan fingerprint density at radius 2 is 1.59 bits per heavy atom. The molecule has 6 heteroatoms. The highest BCUT2D eigenvalue weighted by Crippen LogP contribution is 2.49. The first-order valence-electron chi connectivity index (χ1n) is 11.0. The van der Waals surface area contributed by atoms with Crippen LogP contribution in [0, 0.1) is 45.4 Å². The number of sulfonamides is 1. The first-order valence-corrected chi connectivity index (χ1v) is 12.5. The fourth-order valence-corrected chi connectivity index (χ4v) is 7.85. The van der Waals surface area contributed by atoms with E-state index in [2.05, 4.69) is 6.07 Å². The van der Waals surface area contributed by atoms with E-state index in [0.717, 1.165) is 34.1 Å². The number of fused-ring (bicyclic) bond motifs is 2. The Bertz CT molecular complexity index is 890. The monoisotopic (exact) mass is 418 g/mol. The molecule has 3 fully saturated rings. The molecular weight excluding hydrogens is 384 g/mol. The van der Waals surface area contributed by atoms with Crippen molar-refractivity contribution in [1.82, 2.24) is 9.21 Å². The van der Waals surface area contributed by atoms with Gasteiger partial charge in [0.2, 0.25) is 15.9 Å². The molecule has 1 aliphatic heterocycles. The van der Waals surface area contributed by atoms with Crippen LogP contribution >= 0.6 is 0 Å². The highest BCUT2D eigenvalue weighted by atomic mass is 32.2. The number of rotatable bonds is 4. The largest absolute Gasteiger partial charge is 0.340 e. The molecule has 0 aromatic heterocycles. The SMILES string of the molecule is Cc1cc(C)c(C)c(S(=O)(=O)N2CCN(C(=O)C[C@@H]3C[C@H]4CC[C@@H]3C4)CC2)c1C. The molecule has 29 heavy (non-hydrogen) atoms. The highest BCUT2D eigenvalue weighted by Gasteiger charge is 2.41. The van der Waals surface area contributed by atoms with Gasteiger partial charge in [-0.2, -0.15) is 4.31 Å². The number of nitrogens with zero attached hydrogens (tertiary/aromatic N) is 2. The van der Waals surface area contributed by atoms with Gasteiger partial charge in [-0.3, -0.25) is 4.79 Å². The molecule has 4 rings (SSSR count). The van der Waals surface area contributed by atoms with Gasteiger partial charge in [-0.25, -0.2) is 8.42 Å². The van der Waals surface area contributed by atoms with E-state index < -0.39 is 10.0 Å². The van der Waals surface area contributed by atoms with Gasteiger partial charge in [0.15, 0.2) is 0 Å².